The molecule has 1 heterocycles. The molecule has 1 saturated heterocycles. The topological polar surface area (TPSA) is 39.2 Å². The number of ether oxygens (including phenoxy) is 1. The number of hydrogen-bond acceptors (Lipinski definition) is 5. The van der Waals surface area contributed by atoms with Crippen molar-refractivity contribution in [3.05, 3.63) is 245 Å². The zero-order valence-electron chi connectivity index (χ0n) is 105. The maximum atomic E-state index is 12.2. The predicted octanol–water partition coefficient (Wildman–Crippen LogP) is 42.0. The van der Waals surface area contributed by atoms with E-state index >= 15 is 0 Å². The first-order valence-electron chi connectivity index (χ1n) is 60.6. The molecule has 1 N–H and O–H groups in total. The fourth-order valence-electron chi connectivity index (χ4n) is 14.9. The van der Waals surface area contributed by atoms with E-state index in [2.05, 4.69) is 385 Å². The lowest BCUT2D eigenvalue weighted by Gasteiger charge is -2.29. The summed E-state index contributed by atoms with van der Waals surface area (Å²) in [6, 6.07) is 47.5. The normalized spacial score (nSPS) is 16.0. The van der Waals surface area contributed by atoms with Crippen LogP contribution >= 0.6 is 0 Å². The maximum absolute atomic E-state index is 12.2. The second kappa shape index (κ2) is 87.2. The van der Waals surface area contributed by atoms with Crippen LogP contribution in [0, 0.1) is 107 Å². The van der Waals surface area contributed by atoms with Gasteiger partial charge in [0.05, 0.1) is 20.0 Å². The van der Waals surface area contributed by atoms with Crippen molar-refractivity contribution in [1.82, 2.24) is 14.7 Å². The molecule has 0 aromatic heterocycles. The largest absolute Gasteiger partial charge is 0.416 e. The van der Waals surface area contributed by atoms with E-state index < -0.39 is 23.9 Å². The Morgan fingerprint density at radius 3 is 1.25 bits per heavy atom. The highest BCUT2D eigenvalue weighted by atomic mass is 19.4. The first kappa shape index (κ1) is 139. The number of allylic oxidation sites excluding steroid dienone is 11. The molecule has 13 rings (SSSR count). The standard InChI is InChI=1S/C13H18.C12H13F3.C12H14.C12H16.C11H14.C9H19N.3C9H18.2C8H17N.C8H16.C8H14.C6H14O.C5H12O/c1-12(2)8-6-7-11-13-9-4-3-5-10-13;1-9(2)3-4-10-5-7-11(8-6-10)12(13,14)15;1-9(2)12-7-10-5-3-4-6-11(10)8-12;1-11(2)7-6-10-12-8-4-3-5-9-12;1-10(2)8-9-11-6-4-3-5-7-11;1-8(2)10(3)7-6-9-4-5-9;1-8(2)4-3-5-9-6-7-9;1-8(2)9-6-4-3-5-7-9;1-8(2)6-5-7-9(3)4;1-7(2)9(3)6-8-4-5-8;1-8(2)9-6-4-3-5-7-9;2*1-7(2)3-4-8-5-6-8;1-5(2)6(3,4)7;1-4-6-5(2)3/h3-6,8-10,12H,7,11H2,1-2H3;3-9H,1-2H3;3-7,9H,8H2,1-2H3;3-9,11H,10H2,1-2H3;3-10H,1-2H3;8-9H,4-7H2,1-3H3;2*8-9H,3-7H2,1-2H3;5-6,8-9H,7H2,1-4H3;7-8H,4-6H2,1-3H3;8H,3-7H2,1-2H3;7-8H,3-6H2,1-2H3;3-4,7-8H,5-6H2,1-2H3;5,7H,1-4H3;5H,4H2,1-3H3/b8-6+;4-3+;;7-6+;9-8+;;;;6-5+;;;;4-3+;;/i;;;;;;;;;;;;;;4D2. The molecular weight excluding hydrogens is 1800 g/mol. The van der Waals surface area contributed by atoms with Crippen molar-refractivity contribution in [2.75, 3.05) is 46.8 Å². The highest BCUT2D eigenvalue weighted by Gasteiger charge is 2.30. The van der Waals surface area contributed by atoms with E-state index in [-0.39, 0.29) is 6.10 Å². The monoisotopic (exact) mass is 2040 g/mol. The van der Waals surface area contributed by atoms with Crippen LogP contribution in [0.2, 0.25) is 0 Å². The van der Waals surface area contributed by atoms with Crippen LogP contribution < -0.4 is 0 Å². The molecular formula is C139H238F3N3O2. The molecule has 0 spiro atoms. The van der Waals surface area contributed by atoms with Crippen LogP contribution in [0.1, 0.15) is 451 Å². The Morgan fingerprint density at radius 1 is 0.442 bits per heavy atom. The Hall–Kier alpha value is -6.13. The third-order valence-corrected chi connectivity index (χ3v) is 27.1. The fraction of sp³-hybridized carbons (Fsp3) is 0.683. The van der Waals surface area contributed by atoms with E-state index in [9.17, 15) is 13.2 Å². The second-order valence-electron chi connectivity index (χ2n) is 49.3. The summed E-state index contributed by atoms with van der Waals surface area (Å²) < 4.78 is 55.2. The average Bonchev–Trinajstić information content (AvgIpc) is 1.68. The van der Waals surface area contributed by atoms with Gasteiger partial charge in [-0.3, -0.25) is 0 Å². The minimum absolute atomic E-state index is 0.0324. The molecule has 147 heavy (non-hydrogen) atoms. The summed E-state index contributed by atoms with van der Waals surface area (Å²) >= 11 is 0. The van der Waals surface area contributed by atoms with Crippen molar-refractivity contribution >= 4 is 18.2 Å². The van der Waals surface area contributed by atoms with Crippen LogP contribution in [0.25, 0.3) is 18.2 Å². The molecule has 0 bridgehead atoms. The average molecular weight is 2040 g/mol. The Balaban J connectivity index is 0. The van der Waals surface area contributed by atoms with Crippen molar-refractivity contribution in [3.63, 3.8) is 0 Å². The number of halogens is 3. The van der Waals surface area contributed by atoms with Crippen molar-refractivity contribution in [1.29, 1.82) is 0 Å². The van der Waals surface area contributed by atoms with Gasteiger partial charge in [0.2, 0.25) is 0 Å². The van der Waals surface area contributed by atoms with Crippen LogP contribution in [0.3, 0.4) is 0 Å². The second-order valence-corrected chi connectivity index (χ2v) is 49.3. The van der Waals surface area contributed by atoms with Gasteiger partial charge in [0, 0.05) is 31.2 Å². The number of aryl methyl sites for hydroxylation is 1. The number of benzene rings is 5. The Bertz CT molecular complexity index is 4050. The summed E-state index contributed by atoms with van der Waals surface area (Å²) in [6.07, 6.45) is 65.6. The molecule has 0 amide bonds. The number of hydrogen-bond donors (Lipinski definition) is 1. The van der Waals surface area contributed by atoms with Gasteiger partial charge >= 0.3 is 6.18 Å². The smallest absolute Gasteiger partial charge is 0.390 e. The summed E-state index contributed by atoms with van der Waals surface area (Å²) in [5.41, 5.74) is 8.24. The molecule has 0 atom stereocenters. The van der Waals surface area contributed by atoms with Gasteiger partial charge in [0.25, 0.3) is 0 Å². The Labute approximate surface area is 915 Å². The van der Waals surface area contributed by atoms with Crippen molar-refractivity contribution in [2.45, 2.75) is 465 Å². The zero-order chi connectivity index (χ0) is 113. The molecule has 8 heteroatoms. The molecule has 842 valence electrons. The Kier molecular flexibility index (Phi) is 82.4. The zero-order valence-corrected chi connectivity index (χ0v) is 103. The van der Waals surface area contributed by atoms with Crippen LogP contribution in [0.4, 0.5) is 13.2 Å². The lowest BCUT2D eigenvalue weighted by molar-refractivity contribution is -0.137. The molecule has 7 aliphatic carbocycles. The van der Waals surface area contributed by atoms with E-state index in [1.165, 1.54) is 234 Å². The van der Waals surface area contributed by atoms with E-state index in [1.807, 2.05) is 59.8 Å². The molecule has 0 radical (unpaired) electrons. The van der Waals surface area contributed by atoms with Crippen molar-refractivity contribution in [3.8, 4) is 0 Å². The van der Waals surface area contributed by atoms with Crippen LogP contribution in [-0.2, 0) is 30.2 Å². The highest BCUT2D eigenvalue weighted by Crippen LogP contribution is 2.38. The minimum atomic E-state index is -4.25. The van der Waals surface area contributed by atoms with Crippen LogP contribution in [0.15, 0.2) is 206 Å². The van der Waals surface area contributed by atoms with Crippen LogP contribution in [-0.4, -0.2) is 96.5 Å². The quantitative estimate of drug-likeness (QED) is 0.0405. The Morgan fingerprint density at radius 2 is 0.871 bits per heavy atom. The van der Waals surface area contributed by atoms with Gasteiger partial charge in [0.1, 0.15) is 0 Å². The molecule has 1 aliphatic heterocycles. The van der Waals surface area contributed by atoms with Gasteiger partial charge in [0.15, 0.2) is 0 Å². The van der Waals surface area contributed by atoms with E-state index in [1.54, 1.807) is 19.4 Å². The molecule has 7 fully saturated rings. The number of aliphatic hydroxyl groups is 1. The first-order chi connectivity index (χ1) is 69.9. The summed E-state index contributed by atoms with van der Waals surface area (Å²) in [4.78, 5) is 7.42. The molecule has 6 saturated carbocycles. The molecule has 5 aromatic rings. The number of piperidine rings is 1. The molecule has 8 aliphatic rings. The van der Waals surface area contributed by atoms with Gasteiger partial charge in [-0.25, -0.2) is 0 Å². The lowest BCUT2D eigenvalue weighted by Crippen LogP contribution is -2.35. The summed E-state index contributed by atoms with van der Waals surface area (Å²) in [7, 11) is 4.43. The molecule has 0 unspecified atom stereocenters. The third kappa shape index (κ3) is 95.5. The van der Waals surface area contributed by atoms with Gasteiger partial charge in [-0.05, 0) is 339 Å². The van der Waals surface area contributed by atoms with Gasteiger partial charge in [-0.15, -0.1) is 0 Å². The third-order valence-electron chi connectivity index (χ3n) is 27.1. The van der Waals surface area contributed by atoms with E-state index in [0.29, 0.717) is 41.4 Å². The van der Waals surface area contributed by atoms with Crippen molar-refractivity contribution < 1.29 is 25.8 Å². The van der Waals surface area contributed by atoms with Crippen LogP contribution in [0.5, 0.6) is 0 Å². The highest BCUT2D eigenvalue weighted by molar-refractivity contribution is 5.64. The van der Waals surface area contributed by atoms with Crippen molar-refractivity contribution in [2.24, 2.45) is 107 Å². The number of fused-ring (bicyclic) bond motifs is 1. The lowest BCUT2D eigenvalue weighted by atomic mass is 9.82. The minimum Gasteiger partial charge on any atom is -0.390 e. The maximum Gasteiger partial charge on any atom is 0.416 e. The van der Waals surface area contributed by atoms with Gasteiger partial charge in [-0.1, -0.05) is 487 Å². The summed E-state index contributed by atoms with van der Waals surface area (Å²) in [5, 5.41) is 9.09. The van der Waals surface area contributed by atoms with Gasteiger partial charge in [-0.2, -0.15) is 13.2 Å². The SMILES string of the molecule is CC(C)/C=C/C1CC1.CC(C)/C=C/CC(C)C.CC(C)/C=C/CCc1ccccc1.CC(C)/C=C/Cc1ccccc1.CC(C)/C=C/c1ccc(C(F)(F)F)cc1.CC(C)/C=C/c1ccccc1.CC(C)C(C)(C)O.CC(C)C1=Cc2ccccc2C1.CC(C)C1CCCCC1.CC(C)CCC1CC1.CC(C)CCCC1CC1.CC(C)N(C)CC1CC1.CC(C)N(C)CCC1CC1.CC(C)N1CCCCC1.[2H]C([2H])(C)OC(C)C. The molecule has 5 aromatic carbocycles. The van der Waals surface area contributed by atoms with Gasteiger partial charge < -0.3 is 24.5 Å². The number of rotatable bonds is 36. The summed E-state index contributed by atoms with van der Waals surface area (Å²) in [6.45, 7) is 79.0. The first-order valence-corrected chi connectivity index (χ1v) is 59.6. The number of likely N-dealkylation sites (tertiary alicyclic amines) is 1. The number of nitrogens with zero attached hydrogens (tertiary/aromatic N) is 3. The number of alkyl halides is 3. The predicted molar refractivity (Wildman–Crippen MR) is 655 cm³/mol. The summed E-state index contributed by atoms with van der Waals surface area (Å²) in [5.74, 6) is 14.9. The van der Waals surface area contributed by atoms with E-state index in [0.717, 1.165) is 127 Å². The molecule has 5 nitrogen and oxygen atoms in total. The fourth-order valence-corrected chi connectivity index (χ4v) is 14.9. The van der Waals surface area contributed by atoms with E-state index in [4.69, 9.17) is 12.6 Å².